The number of amides is 1. The predicted octanol–water partition coefficient (Wildman–Crippen LogP) is 4.52. The number of anilines is 1. The van der Waals surface area contributed by atoms with Gasteiger partial charge in [0.2, 0.25) is 0 Å². The fraction of sp³-hybridized carbons (Fsp3) is 0.0588. The van der Waals surface area contributed by atoms with Gasteiger partial charge in [-0.2, -0.15) is 0 Å². The number of hydrogen-bond donors (Lipinski definition) is 1. The van der Waals surface area contributed by atoms with Gasteiger partial charge in [-0.05, 0) is 48.2 Å². The highest BCUT2D eigenvalue weighted by Gasteiger charge is 2.33. The fourth-order valence-corrected chi connectivity index (χ4v) is 3.91. The van der Waals surface area contributed by atoms with Gasteiger partial charge in [0.25, 0.3) is 5.91 Å². The quantitative estimate of drug-likeness (QED) is 0.496. The van der Waals surface area contributed by atoms with E-state index in [0.717, 1.165) is 16.1 Å². The summed E-state index contributed by atoms with van der Waals surface area (Å²) in [5, 5.41) is 9.33. The molecule has 116 valence electrons. The monoisotopic (exact) mass is 359 g/mol. The van der Waals surface area contributed by atoms with Crippen LogP contribution >= 0.6 is 35.7 Å². The summed E-state index contributed by atoms with van der Waals surface area (Å²) in [6.45, 7) is 0. The first-order valence-electron chi connectivity index (χ1n) is 6.79. The van der Waals surface area contributed by atoms with Gasteiger partial charge in [0.1, 0.15) is 5.75 Å². The van der Waals surface area contributed by atoms with Crippen LogP contribution in [0.5, 0.6) is 5.75 Å². The van der Waals surface area contributed by atoms with Crippen molar-refractivity contribution in [2.75, 3.05) is 11.2 Å². The van der Waals surface area contributed by atoms with Crippen molar-refractivity contribution in [2.45, 2.75) is 4.90 Å². The number of thiocarbonyl (C=S) groups is 1. The number of nitrogens with zero attached hydrogens (tertiary/aromatic N) is 1. The molecule has 0 spiro atoms. The molecule has 0 radical (unpaired) electrons. The SMILES string of the molecule is CSc1cccc(N2C(=O)/C(=C\c3ccc(O)cc3)SC2=S)c1. The number of thioether (sulfide) groups is 2. The molecule has 0 unspecified atom stereocenters. The van der Waals surface area contributed by atoms with Gasteiger partial charge in [-0.3, -0.25) is 9.69 Å². The molecule has 23 heavy (non-hydrogen) atoms. The molecule has 3 nitrogen and oxygen atoms in total. The van der Waals surface area contributed by atoms with E-state index in [9.17, 15) is 9.90 Å². The number of carbonyl (C=O) groups is 1. The highest BCUT2D eigenvalue weighted by molar-refractivity contribution is 8.27. The van der Waals surface area contributed by atoms with E-state index in [1.165, 1.54) is 11.8 Å². The van der Waals surface area contributed by atoms with Gasteiger partial charge >= 0.3 is 0 Å². The lowest BCUT2D eigenvalue weighted by Gasteiger charge is -2.15. The maximum atomic E-state index is 12.7. The second-order valence-corrected chi connectivity index (χ2v) is 7.37. The lowest BCUT2D eigenvalue weighted by molar-refractivity contribution is -0.113. The molecule has 0 bridgehead atoms. The summed E-state index contributed by atoms with van der Waals surface area (Å²) in [4.78, 5) is 15.9. The zero-order valence-corrected chi connectivity index (χ0v) is 14.7. The zero-order valence-electron chi connectivity index (χ0n) is 12.2. The van der Waals surface area contributed by atoms with Gasteiger partial charge in [-0.25, -0.2) is 0 Å². The van der Waals surface area contributed by atoms with Crippen LogP contribution in [-0.2, 0) is 4.79 Å². The van der Waals surface area contributed by atoms with Crippen LogP contribution in [0.15, 0.2) is 58.3 Å². The van der Waals surface area contributed by atoms with Gasteiger partial charge in [-0.15, -0.1) is 11.8 Å². The number of rotatable bonds is 3. The van der Waals surface area contributed by atoms with E-state index in [1.807, 2.05) is 30.5 Å². The molecule has 1 heterocycles. The van der Waals surface area contributed by atoms with Crippen LogP contribution in [0.4, 0.5) is 5.69 Å². The molecule has 0 aliphatic carbocycles. The highest BCUT2D eigenvalue weighted by Crippen LogP contribution is 2.37. The number of hydrogen-bond acceptors (Lipinski definition) is 5. The Morgan fingerprint density at radius 1 is 1.22 bits per heavy atom. The van der Waals surface area contributed by atoms with Crippen molar-refractivity contribution in [3.05, 3.63) is 59.0 Å². The Kier molecular flexibility index (Phi) is 4.75. The van der Waals surface area contributed by atoms with E-state index >= 15 is 0 Å². The first kappa shape index (κ1) is 16.1. The molecule has 6 heteroatoms. The summed E-state index contributed by atoms with van der Waals surface area (Å²) in [7, 11) is 0. The topological polar surface area (TPSA) is 40.5 Å². The fourth-order valence-electron chi connectivity index (χ4n) is 2.16. The molecular weight excluding hydrogens is 346 g/mol. The van der Waals surface area contributed by atoms with Crippen molar-refractivity contribution in [3.63, 3.8) is 0 Å². The maximum absolute atomic E-state index is 12.7. The maximum Gasteiger partial charge on any atom is 0.270 e. The number of aromatic hydroxyl groups is 1. The van der Waals surface area contributed by atoms with E-state index in [2.05, 4.69) is 0 Å². The second-order valence-electron chi connectivity index (χ2n) is 4.81. The molecular formula is C17H13NO2S3. The molecule has 2 aromatic carbocycles. The summed E-state index contributed by atoms with van der Waals surface area (Å²) in [6.07, 6.45) is 3.78. The normalized spacial score (nSPS) is 16.4. The van der Waals surface area contributed by atoms with Crippen molar-refractivity contribution in [3.8, 4) is 5.75 Å². The van der Waals surface area contributed by atoms with Crippen molar-refractivity contribution in [1.29, 1.82) is 0 Å². The summed E-state index contributed by atoms with van der Waals surface area (Å²) in [5.74, 6) is 0.0786. The number of benzene rings is 2. The van der Waals surface area contributed by atoms with E-state index in [4.69, 9.17) is 12.2 Å². The average Bonchev–Trinajstić information content (AvgIpc) is 2.83. The molecule has 1 N–H and O–H groups in total. The first-order chi connectivity index (χ1) is 11.1. The number of phenols is 1. The Labute approximate surface area is 148 Å². The molecule has 1 saturated heterocycles. The van der Waals surface area contributed by atoms with Crippen molar-refractivity contribution in [1.82, 2.24) is 0 Å². The molecule has 1 aliphatic heterocycles. The lowest BCUT2D eigenvalue weighted by atomic mass is 10.2. The van der Waals surface area contributed by atoms with E-state index in [-0.39, 0.29) is 11.7 Å². The largest absolute Gasteiger partial charge is 0.508 e. The van der Waals surface area contributed by atoms with Crippen LogP contribution in [0.1, 0.15) is 5.56 Å². The standard InChI is InChI=1S/C17H13NO2S3/c1-22-14-4-2-3-12(10-14)18-16(20)15(23-17(18)21)9-11-5-7-13(19)8-6-11/h2-10,19H,1H3/b15-9+. The average molecular weight is 359 g/mol. The first-order valence-corrected chi connectivity index (χ1v) is 9.24. The van der Waals surface area contributed by atoms with Crippen molar-refractivity contribution < 1.29 is 9.90 Å². The molecule has 1 amide bonds. The van der Waals surface area contributed by atoms with Crippen LogP contribution in [0, 0.1) is 0 Å². The van der Waals surface area contributed by atoms with Gasteiger partial charge in [0.05, 0.1) is 10.6 Å². The van der Waals surface area contributed by atoms with Gasteiger partial charge in [0.15, 0.2) is 4.32 Å². The van der Waals surface area contributed by atoms with Gasteiger partial charge in [-0.1, -0.05) is 42.2 Å². The minimum atomic E-state index is -0.119. The Morgan fingerprint density at radius 3 is 2.65 bits per heavy atom. The molecule has 0 atom stereocenters. The van der Waals surface area contributed by atoms with Gasteiger partial charge < -0.3 is 5.11 Å². The third-order valence-electron chi connectivity index (χ3n) is 3.30. The Balaban J connectivity index is 1.91. The minimum Gasteiger partial charge on any atom is -0.508 e. The van der Waals surface area contributed by atoms with Crippen molar-refractivity contribution >= 4 is 57.7 Å². The smallest absolute Gasteiger partial charge is 0.270 e. The molecule has 0 aromatic heterocycles. The van der Waals surface area contributed by atoms with Crippen LogP contribution in [0.25, 0.3) is 6.08 Å². The summed E-state index contributed by atoms with van der Waals surface area (Å²) in [5.41, 5.74) is 1.63. The van der Waals surface area contributed by atoms with Crippen LogP contribution in [-0.4, -0.2) is 21.6 Å². The van der Waals surface area contributed by atoms with E-state index in [1.54, 1.807) is 47.0 Å². The summed E-state index contributed by atoms with van der Waals surface area (Å²) >= 11 is 8.28. The lowest BCUT2D eigenvalue weighted by Crippen LogP contribution is -2.27. The Morgan fingerprint density at radius 2 is 1.96 bits per heavy atom. The Bertz CT molecular complexity index is 800. The third-order valence-corrected chi connectivity index (χ3v) is 5.32. The van der Waals surface area contributed by atoms with Crippen LogP contribution in [0.2, 0.25) is 0 Å². The van der Waals surface area contributed by atoms with E-state index < -0.39 is 0 Å². The molecule has 1 aliphatic rings. The predicted molar refractivity (Wildman–Crippen MR) is 102 cm³/mol. The Hall–Kier alpha value is -1.76. The molecule has 1 fully saturated rings. The molecule has 3 rings (SSSR count). The highest BCUT2D eigenvalue weighted by atomic mass is 32.2. The van der Waals surface area contributed by atoms with Gasteiger partial charge in [0, 0.05) is 4.90 Å². The molecule has 0 saturated carbocycles. The summed E-state index contributed by atoms with van der Waals surface area (Å²) in [6, 6.07) is 14.5. The number of carbonyl (C=O) groups excluding carboxylic acids is 1. The van der Waals surface area contributed by atoms with E-state index in [0.29, 0.717) is 9.23 Å². The number of phenolic OH excluding ortho intramolecular Hbond substituents is 1. The summed E-state index contributed by atoms with van der Waals surface area (Å²) < 4.78 is 0.526. The zero-order chi connectivity index (χ0) is 16.4. The minimum absolute atomic E-state index is 0.119. The third kappa shape index (κ3) is 3.44. The van der Waals surface area contributed by atoms with Crippen LogP contribution < -0.4 is 4.90 Å². The molecule has 2 aromatic rings. The van der Waals surface area contributed by atoms with Crippen LogP contribution in [0.3, 0.4) is 0 Å². The van der Waals surface area contributed by atoms with Crippen molar-refractivity contribution in [2.24, 2.45) is 0 Å². The second kappa shape index (κ2) is 6.78.